The molecule has 5 nitrogen and oxygen atoms in total. The number of hydrogen-bond acceptors (Lipinski definition) is 4. The molecule has 0 fully saturated rings. The van der Waals surface area contributed by atoms with E-state index in [2.05, 4.69) is 22.3 Å². The summed E-state index contributed by atoms with van der Waals surface area (Å²) in [4.78, 5) is 4.23. The van der Waals surface area contributed by atoms with E-state index < -0.39 is 0 Å². The van der Waals surface area contributed by atoms with Gasteiger partial charge in [0.25, 0.3) is 0 Å². The molecule has 2 heterocycles. The average molecular weight is 220 g/mol. The summed E-state index contributed by atoms with van der Waals surface area (Å²) in [5, 5.41) is 7.33. The van der Waals surface area contributed by atoms with E-state index in [-0.39, 0.29) is 0 Å². The SMILES string of the molecule is CCNCCc1ncc(-c2cnn(C)c2)o1. The Hall–Kier alpha value is -1.62. The summed E-state index contributed by atoms with van der Waals surface area (Å²) < 4.78 is 7.37. The number of aryl methyl sites for hydroxylation is 1. The Kier molecular flexibility index (Phi) is 3.36. The van der Waals surface area contributed by atoms with Crippen LogP contribution < -0.4 is 5.32 Å². The second-order valence-electron chi connectivity index (χ2n) is 3.62. The molecule has 0 saturated heterocycles. The summed E-state index contributed by atoms with van der Waals surface area (Å²) in [5.41, 5.74) is 0.963. The Morgan fingerprint density at radius 3 is 3.00 bits per heavy atom. The number of hydrogen-bond donors (Lipinski definition) is 1. The molecule has 16 heavy (non-hydrogen) atoms. The van der Waals surface area contributed by atoms with E-state index in [1.54, 1.807) is 17.1 Å². The number of likely N-dealkylation sites (N-methyl/N-ethyl adjacent to an activating group) is 1. The number of rotatable bonds is 5. The molecule has 1 N–H and O–H groups in total. The van der Waals surface area contributed by atoms with Gasteiger partial charge in [0.15, 0.2) is 11.7 Å². The second-order valence-corrected chi connectivity index (χ2v) is 3.62. The topological polar surface area (TPSA) is 55.9 Å². The summed E-state index contributed by atoms with van der Waals surface area (Å²) in [6.45, 7) is 3.94. The Bertz CT molecular complexity index is 446. The van der Waals surface area contributed by atoms with Crippen molar-refractivity contribution in [1.82, 2.24) is 20.1 Å². The Morgan fingerprint density at radius 2 is 2.31 bits per heavy atom. The fraction of sp³-hybridized carbons (Fsp3) is 0.455. The fourth-order valence-electron chi connectivity index (χ4n) is 1.48. The third-order valence-corrected chi connectivity index (χ3v) is 2.31. The van der Waals surface area contributed by atoms with Crippen LogP contribution in [0.2, 0.25) is 0 Å². The lowest BCUT2D eigenvalue weighted by atomic mass is 10.3. The maximum Gasteiger partial charge on any atom is 0.196 e. The molecule has 0 spiro atoms. The van der Waals surface area contributed by atoms with Gasteiger partial charge in [0.1, 0.15) is 0 Å². The van der Waals surface area contributed by atoms with E-state index in [1.165, 1.54) is 0 Å². The molecule has 0 aliphatic rings. The van der Waals surface area contributed by atoms with Gasteiger partial charge in [-0.05, 0) is 6.54 Å². The van der Waals surface area contributed by atoms with E-state index in [1.807, 2.05) is 13.2 Å². The first-order chi connectivity index (χ1) is 7.79. The third kappa shape index (κ3) is 2.49. The molecule has 5 heteroatoms. The Balaban J connectivity index is 2.02. The van der Waals surface area contributed by atoms with Crippen LogP contribution in [0.5, 0.6) is 0 Å². The van der Waals surface area contributed by atoms with Crippen LogP contribution in [0, 0.1) is 0 Å². The van der Waals surface area contributed by atoms with Gasteiger partial charge in [-0.1, -0.05) is 6.92 Å². The molecule has 0 bridgehead atoms. The third-order valence-electron chi connectivity index (χ3n) is 2.31. The van der Waals surface area contributed by atoms with Gasteiger partial charge in [-0.25, -0.2) is 4.98 Å². The predicted octanol–water partition coefficient (Wildman–Crippen LogP) is 1.23. The molecule has 0 aliphatic carbocycles. The largest absolute Gasteiger partial charge is 0.441 e. The summed E-state index contributed by atoms with van der Waals surface area (Å²) in [7, 11) is 1.88. The lowest BCUT2D eigenvalue weighted by molar-refractivity contribution is 0.497. The highest BCUT2D eigenvalue weighted by atomic mass is 16.4. The molecule has 0 aromatic carbocycles. The zero-order valence-electron chi connectivity index (χ0n) is 9.60. The van der Waals surface area contributed by atoms with Crippen molar-refractivity contribution < 1.29 is 4.42 Å². The molecule has 0 amide bonds. The molecule has 2 aromatic rings. The van der Waals surface area contributed by atoms with Crippen LogP contribution >= 0.6 is 0 Å². The summed E-state index contributed by atoms with van der Waals surface area (Å²) in [6, 6.07) is 0. The van der Waals surface area contributed by atoms with Gasteiger partial charge in [-0.3, -0.25) is 4.68 Å². The lowest BCUT2D eigenvalue weighted by Gasteiger charge is -1.96. The molecule has 2 rings (SSSR count). The minimum Gasteiger partial charge on any atom is -0.441 e. The van der Waals surface area contributed by atoms with E-state index in [0.717, 1.165) is 36.7 Å². The summed E-state index contributed by atoms with van der Waals surface area (Å²) >= 11 is 0. The average Bonchev–Trinajstić information content (AvgIpc) is 2.87. The van der Waals surface area contributed by atoms with E-state index >= 15 is 0 Å². The van der Waals surface area contributed by atoms with Crippen LogP contribution in [-0.2, 0) is 13.5 Å². The zero-order valence-corrected chi connectivity index (χ0v) is 9.60. The number of aromatic nitrogens is 3. The van der Waals surface area contributed by atoms with Crippen molar-refractivity contribution in [3.05, 3.63) is 24.5 Å². The van der Waals surface area contributed by atoms with Gasteiger partial charge in [-0.2, -0.15) is 5.10 Å². The number of nitrogens with zero attached hydrogens (tertiary/aromatic N) is 3. The standard InChI is InChI=1S/C11H16N4O/c1-3-12-5-4-11-13-7-10(16-11)9-6-14-15(2)8-9/h6-8,12H,3-5H2,1-2H3. The van der Waals surface area contributed by atoms with Gasteiger partial charge >= 0.3 is 0 Å². The van der Waals surface area contributed by atoms with Crippen LogP contribution in [0.15, 0.2) is 23.0 Å². The Labute approximate surface area is 94.5 Å². The maximum absolute atomic E-state index is 5.63. The van der Waals surface area contributed by atoms with Gasteiger partial charge in [0, 0.05) is 26.2 Å². The summed E-state index contributed by atoms with van der Waals surface area (Å²) in [5.74, 6) is 1.54. The molecule has 0 saturated carbocycles. The monoisotopic (exact) mass is 220 g/mol. The van der Waals surface area contributed by atoms with Crippen LogP contribution in [-0.4, -0.2) is 27.9 Å². The highest BCUT2D eigenvalue weighted by Crippen LogP contribution is 2.19. The van der Waals surface area contributed by atoms with Crippen molar-refractivity contribution in [3.63, 3.8) is 0 Å². The molecular formula is C11H16N4O. The fourth-order valence-corrected chi connectivity index (χ4v) is 1.48. The molecule has 2 aromatic heterocycles. The zero-order chi connectivity index (χ0) is 11.4. The molecule has 86 valence electrons. The van der Waals surface area contributed by atoms with Crippen molar-refractivity contribution in [2.24, 2.45) is 7.05 Å². The minimum absolute atomic E-state index is 0.764. The highest BCUT2D eigenvalue weighted by Gasteiger charge is 2.07. The van der Waals surface area contributed by atoms with Crippen molar-refractivity contribution in [2.45, 2.75) is 13.3 Å². The molecule has 0 aliphatic heterocycles. The van der Waals surface area contributed by atoms with Crippen molar-refractivity contribution in [2.75, 3.05) is 13.1 Å². The smallest absolute Gasteiger partial charge is 0.196 e. The number of nitrogens with one attached hydrogen (secondary N) is 1. The minimum atomic E-state index is 0.764. The maximum atomic E-state index is 5.63. The molecular weight excluding hydrogens is 204 g/mol. The predicted molar refractivity (Wildman–Crippen MR) is 61.0 cm³/mol. The van der Waals surface area contributed by atoms with Crippen LogP contribution in [0.3, 0.4) is 0 Å². The lowest BCUT2D eigenvalue weighted by Crippen LogP contribution is -2.16. The van der Waals surface area contributed by atoms with Gasteiger partial charge in [0.05, 0.1) is 18.0 Å². The second kappa shape index (κ2) is 4.94. The molecule has 0 atom stereocenters. The highest BCUT2D eigenvalue weighted by molar-refractivity contribution is 5.53. The first-order valence-corrected chi connectivity index (χ1v) is 5.44. The first kappa shape index (κ1) is 10.9. The van der Waals surface area contributed by atoms with Crippen molar-refractivity contribution in [3.8, 4) is 11.3 Å². The van der Waals surface area contributed by atoms with Gasteiger partial charge in [-0.15, -0.1) is 0 Å². The van der Waals surface area contributed by atoms with Crippen molar-refractivity contribution >= 4 is 0 Å². The summed E-state index contributed by atoms with van der Waals surface area (Å²) in [6.07, 6.45) is 6.25. The van der Waals surface area contributed by atoms with Crippen molar-refractivity contribution in [1.29, 1.82) is 0 Å². The number of oxazole rings is 1. The van der Waals surface area contributed by atoms with Gasteiger partial charge in [0.2, 0.25) is 0 Å². The molecule has 0 radical (unpaired) electrons. The van der Waals surface area contributed by atoms with E-state index in [9.17, 15) is 0 Å². The van der Waals surface area contributed by atoms with Crippen LogP contribution in [0.25, 0.3) is 11.3 Å². The van der Waals surface area contributed by atoms with E-state index in [4.69, 9.17) is 4.42 Å². The Morgan fingerprint density at radius 1 is 1.44 bits per heavy atom. The first-order valence-electron chi connectivity index (χ1n) is 5.44. The van der Waals surface area contributed by atoms with Crippen LogP contribution in [0.4, 0.5) is 0 Å². The molecule has 0 unspecified atom stereocenters. The normalized spacial score (nSPS) is 10.9. The quantitative estimate of drug-likeness (QED) is 0.770. The van der Waals surface area contributed by atoms with Crippen LogP contribution in [0.1, 0.15) is 12.8 Å². The van der Waals surface area contributed by atoms with Gasteiger partial charge < -0.3 is 9.73 Å². The van der Waals surface area contributed by atoms with E-state index in [0.29, 0.717) is 0 Å².